The fourth-order valence-corrected chi connectivity index (χ4v) is 13.4. The van der Waals surface area contributed by atoms with E-state index in [1.165, 1.54) is 33.4 Å². The number of aromatic amines is 1. The number of phenolic OH excluding ortho intramolecular Hbond substituents is 1. The van der Waals surface area contributed by atoms with E-state index in [0.29, 0.717) is 56.9 Å². The van der Waals surface area contributed by atoms with Crippen LogP contribution < -0.4 is 70.8 Å². The molecule has 120 heavy (non-hydrogen) atoms. The van der Waals surface area contributed by atoms with Gasteiger partial charge < -0.3 is 110 Å². The van der Waals surface area contributed by atoms with Gasteiger partial charge in [0.1, 0.15) is 60.8 Å². The summed E-state index contributed by atoms with van der Waals surface area (Å²) >= 11 is 0. The van der Waals surface area contributed by atoms with Crippen molar-refractivity contribution in [3.63, 3.8) is 0 Å². The number of carbonyl (C=O) groups is 13. The predicted octanol–water partition coefficient (Wildman–Crippen LogP) is -3.46. The van der Waals surface area contributed by atoms with Crippen molar-refractivity contribution in [3.8, 4) is 5.75 Å². The molecule has 0 bridgehead atoms. The molecular formula is C80H121LuN19O20. The number of carbonyl (C=O) groups excluding carboxylic acids is 12. The molecule has 40 heteroatoms. The van der Waals surface area contributed by atoms with Gasteiger partial charge in [0.25, 0.3) is 6.47 Å². The smallest absolute Gasteiger partial charge is 0.319 e. The Hall–Kier alpha value is -10.1. The van der Waals surface area contributed by atoms with E-state index in [2.05, 4.69) is 64.4 Å². The van der Waals surface area contributed by atoms with Crippen LogP contribution >= 0.6 is 0 Å². The van der Waals surface area contributed by atoms with Gasteiger partial charge in [0.2, 0.25) is 53.2 Å². The number of aliphatic carboxylic acids is 1. The number of aliphatic hydroxyl groups is 2. The normalized spacial score (nSPS) is 16.1. The molecule has 0 spiro atoms. The van der Waals surface area contributed by atoms with E-state index < -0.39 is 145 Å². The van der Waals surface area contributed by atoms with Gasteiger partial charge in [-0.1, -0.05) is 113 Å². The molecule has 39 nitrogen and oxygen atoms in total. The molecule has 1 aliphatic carbocycles. The van der Waals surface area contributed by atoms with Crippen LogP contribution in [0.2, 0.25) is 0 Å². The summed E-state index contributed by atoms with van der Waals surface area (Å²) < 4.78 is 14.8. The third-order valence-corrected chi connectivity index (χ3v) is 20.0. The number of phenols is 1. The minimum absolute atomic E-state index is 0. The Morgan fingerprint density at radius 2 is 1.05 bits per heavy atom. The number of aromatic hydroxyl groups is 1. The number of benzene rings is 3. The van der Waals surface area contributed by atoms with Crippen molar-refractivity contribution in [2.75, 3.05) is 120 Å². The molecule has 3 aromatic carbocycles. The van der Waals surface area contributed by atoms with Crippen molar-refractivity contribution in [2.45, 2.75) is 152 Å². The number of para-hydroxylation sites is 1. The molecule has 9 atom stereocenters. The van der Waals surface area contributed by atoms with Crippen LogP contribution in [0.15, 0.2) is 102 Å². The second-order valence-corrected chi connectivity index (χ2v) is 29.7. The SMILES string of the molecule is C=C(N)[C@H](CO)NC(=O)[C@H](Cc1c[nH]c2ccccc12)NC(=O)[C@H](CC(C)C)NC(=O)[C@H](Cc1ccc(O)cc1)NC(=O)C(CCCN=C(N)N)NC(=O)C(N)CO.CNC(=O)C(Cc1ccccc1)NC(=O)[C@H](CC1CCCCC1)NC(=O)[C@H](CC(=O)O)NC(=O)CN1CCN(CC(=O)OC)CCN(COC=O)CCN(CC(=O)OC)CC1.[177Lu]. The number of amides is 9. The quantitative estimate of drug-likeness (QED) is 0.00511. The van der Waals surface area contributed by atoms with Crippen LogP contribution in [0.4, 0.5) is 0 Å². The van der Waals surface area contributed by atoms with E-state index in [4.69, 9.17) is 37.1 Å². The fraction of sp³-hybridized carbons (Fsp3) is 0.550. The molecule has 4 aromatic rings. The minimum Gasteiger partial charge on any atom is -0.508 e. The standard InChI is InChI=1S/C41H64N8O12.C39H57N11O8.Lu/c1-42-39(56)32(22-30-10-6-4-7-11-30)44-40(57)33(23-31-12-8-5-9-13-31)45-41(58)34(24-36(52)53)43-35(51)25-46-14-16-47(26-37(54)59-2)18-20-49(28-61-29-50)21-19-48(17-15-46)27-38(55)60-3;1-21(2)15-30(36(56)49-32(38(58)50-33(20-52)22(3)40)17-24-18-45-28-8-5-4-7-26(24)28)47-37(57)31(16-23-10-12-25(53)13-11-23)48-35(55)29(9-6-14-44-39(42)43)46-34(54)27(41)19-51;/h4,6-7,10-11,29,31-34H,5,8-9,12-28H2,1-3H3,(H,42,56)(H,43,51)(H,44,57)(H,45,58)(H,52,53);4-5,7-8,10-13,18,21,27,29-33,45,51-53H,3,6,9,14-17,19-20,40-41H2,1-2H3,(H,46,54)(H,47,57)(H,48,55)(H,49,56)(H,50,58)(H4,42,43,44);/t32?,33-,34-;27?,29?,30-,31-,32-,33-;/m00./s1/i;;1+2. The number of nitrogens with zero attached hydrogens (tertiary/aromatic N) is 5. The second kappa shape index (κ2) is 54.9. The van der Waals surface area contributed by atoms with Gasteiger partial charge >= 0.3 is 17.9 Å². The molecule has 6 rings (SSSR count). The molecule has 1 saturated carbocycles. The number of hydrogen-bond donors (Lipinski definition) is 18. The summed E-state index contributed by atoms with van der Waals surface area (Å²) in [6, 6.07) is 11.6. The van der Waals surface area contributed by atoms with Gasteiger partial charge in [-0.25, -0.2) is 0 Å². The number of nitrogens with one attached hydrogen (secondary N) is 10. The van der Waals surface area contributed by atoms with Crippen molar-refractivity contribution in [1.82, 2.24) is 72.4 Å². The number of fused-ring (bicyclic) bond motifs is 1. The second-order valence-electron chi connectivity index (χ2n) is 29.7. The first-order chi connectivity index (χ1) is 56.8. The van der Waals surface area contributed by atoms with Crippen LogP contribution in [-0.4, -0.2) is 303 Å². The molecule has 671 valence electrons. The molecular weight excluding hydrogens is 1720 g/mol. The van der Waals surface area contributed by atoms with Crippen LogP contribution in [0, 0.1) is 48.7 Å². The Bertz CT molecular complexity index is 3950. The summed E-state index contributed by atoms with van der Waals surface area (Å²) in [7, 11) is 4.01. The number of rotatable bonds is 44. The van der Waals surface area contributed by atoms with Crippen molar-refractivity contribution < 1.29 is 134 Å². The molecule has 3 unspecified atom stereocenters. The van der Waals surface area contributed by atoms with Gasteiger partial charge in [0.15, 0.2) is 5.96 Å². The van der Waals surface area contributed by atoms with Crippen molar-refractivity contribution >= 4 is 94.4 Å². The summed E-state index contributed by atoms with van der Waals surface area (Å²) in [5.41, 5.74) is 25.2. The zero-order valence-electron chi connectivity index (χ0n) is 68.6. The predicted molar refractivity (Wildman–Crippen MR) is 439 cm³/mol. The van der Waals surface area contributed by atoms with E-state index in [1.54, 1.807) is 23.2 Å². The number of carboxylic acid groups (broad SMARTS) is 1. The molecule has 2 aliphatic rings. The number of aliphatic hydroxyl groups excluding tert-OH is 2. The Balaban J connectivity index is 0.000000501. The topological polar surface area (TPSA) is 584 Å². The Morgan fingerprint density at radius 3 is 1.57 bits per heavy atom. The van der Waals surface area contributed by atoms with Gasteiger partial charge in [-0.2, -0.15) is 0 Å². The van der Waals surface area contributed by atoms with Crippen LogP contribution in [0.25, 0.3) is 10.9 Å². The number of aliphatic imine (C=N–C) groups is 1. The van der Waals surface area contributed by atoms with Crippen LogP contribution in [0.5, 0.6) is 5.75 Å². The molecule has 22 N–H and O–H groups in total. The third kappa shape index (κ3) is 37.7. The molecule has 1 aliphatic heterocycles. The van der Waals surface area contributed by atoms with Gasteiger partial charge in [-0.3, -0.25) is 86.9 Å². The zero-order chi connectivity index (χ0) is 87.5. The van der Waals surface area contributed by atoms with Crippen molar-refractivity contribution in [2.24, 2.45) is 39.8 Å². The first kappa shape index (κ1) is 102. The Morgan fingerprint density at radius 1 is 0.575 bits per heavy atom. The van der Waals surface area contributed by atoms with Crippen molar-refractivity contribution in [3.05, 3.63) is 114 Å². The third-order valence-electron chi connectivity index (χ3n) is 20.0. The monoisotopic (exact) mass is 1840 g/mol. The number of guanidine groups is 1. The number of nitrogens with two attached hydrogens (primary N) is 4. The minimum atomic E-state index is -1.55. The zero-order valence-corrected chi connectivity index (χ0v) is 70.3. The van der Waals surface area contributed by atoms with Crippen LogP contribution in [0.1, 0.15) is 94.7 Å². The first-order valence-electron chi connectivity index (χ1n) is 39.6. The number of likely N-dealkylation sites (N-methyl/N-ethyl adjacent to an activating group) is 1. The largest absolute Gasteiger partial charge is 0.508 e. The van der Waals surface area contributed by atoms with Crippen molar-refractivity contribution in [1.29, 1.82) is 0 Å². The molecule has 9 amide bonds. The Labute approximate surface area is 727 Å². The molecule has 1 saturated heterocycles. The first-order valence-corrected chi connectivity index (χ1v) is 39.6. The maximum atomic E-state index is 14.2. The maximum absolute atomic E-state index is 14.2. The van der Waals surface area contributed by atoms with E-state index in [0.717, 1.165) is 48.6 Å². The van der Waals surface area contributed by atoms with Gasteiger partial charge in [0, 0.05) is 145 Å². The summed E-state index contributed by atoms with van der Waals surface area (Å²) in [6.07, 6.45) is 6.38. The number of aromatic nitrogens is 1. The van der Waals surface area contributed by atoms with Gasteiger partial charge in [-0.15, -0.1) is 0 Å². The molecule has 1 radical (unpaired) electrons. The van der Waals surface area contributed by atoms with Gasteiger partial charge in [-0.05, 0) is 72.4 Å². The fourth-order valence-electron chi connectivity index (χ4n) is 13.4. The molecule has 2 heterocycles. The van der Waals surface area contributed by atoms with Crippen LogP contribution in [0.3, 0.4) is 0 Å². The summed E-state index contributed by atoms with van der Waals surface area (Å²) in [4.78, 5) is 185. The number of methoxy groups -OCH3 is 2. The number of carboxylic acids is 1. The average Bonchev–Trinajstić information content (AvgIpc) is 1.68. The maximum Gasteiger partial charge on any atom is 0.319 e. The summed E-state index contributed by atoms with van der Waals surface area (Å²) in [5, 5.41) is 63.7. The van der Waals surface area contributed by atoms with Gasteiger partial charge in [0.05, 0.1) is 59.5 Å². The molecule has 2 fully saturated rings. The number of hydrogen-bond acceptors (Lipinski definition) is 26. The van der Waals surface area contributed by atoms with E-state index >= 15 is 0 Å². The number of esters is 2. The molecule has 1 aromatic heterocycles. The Kier molecular flexibility index (Phi) is 46.8. The van der Waals surface area contributed by atoms with E-state index in [1.807, 2.05) is 83.1 Å². The summed E-state index contributed by atoms with van der Waals surface area (Å²) in [6.45, 7) is 8.72. The van der Waals surface area contributed by atoms with E-state index in [9.17, 15) is 82.8 Å². The summed E-state index contributed by atoms with van der Waals surface area (Å²) in [5.74, 6) is -8.82. The number of H-pyrrole nitrogens is 1. The number of ether oxygens (including phenoxy) is 3. The van der Waals surface area contributed by atoms with Crippen LogP contribution in [-0.2, 0) is 95.8 Å². The van der Waals surface area contributed by atoms with E-state index in [-0.39, 0.29) is 157 Å². The average molecular weight is 1850 g/mol.